The molecule has 2 aromatic carbocycles. The van der Waals surface area contributed by atoms with Gasteiger partial charge in [-0.3, -0.25) is 9.47 Å². The zero-order valence-electron chi connectivity index (χ0n) is 21.3. The van der Waals surface area contributed by atoms with Crippen molar-refractivity contribution in [3.63, 3.8) is 0 Å². The fraction of sp³-hybridized carbons (Fsp3) is 0.286. The van der Waals surface area contributed by atoms with Crippen molar-refractivity contribution in [2.75, 3.05) is 38.6 Å². The minimum Gasteiger partial charge on any atom is -0.465 e. The highest BCUT2D eigenvalue weighted by Crippen LogP contribution is 2.23. The molecule has 2 aromatic heterocycles. The molecule has 0 aliphatic carbocycles. The molecule has 0 saturated carbocycles. The van der Waals surface area contributed by atoms with Gasteiger partial charge >= 0.3 is 12.0 Å². The minimum absolute atomic E-state index is 0.230. The number of imidazole rings is 1. The number of esters is 1. The molecule has 1 aliphatic heterocycles. The van der Waals surface area contributed by atoms with Crippen LogP contribution in [0, 0.1) is 13.8 Å². The number of aromatic nitrogens is 3. The largest absolute Gasteiger partial charge is 0.465 e. The summed E-state index contributed by atoms with van der Waals surface area (Å²) < 4.78 is 6.98. The van der Waals surface area contributed by atoms with Gasteiger partial charge in [0.1, 0.15) is 11.3 Å². The van der Waals surface area contributed by atoms with E-state index in [1.807, 2.05) is 31.2 Å². The van der Waals surface area contributed by atoms with Gasteiger partial charge in [-0.05, 0) is 61.4 Å². The smallest absolute Gasteiger partial charge is 0.339 e. The molecule has 9 nitrogen and oxygen atoms in total. The van der Waals surface area contributed by atoms with Crippen molar-refractivity contribution in [3.05, 3.63) is 83.3 Å². The minimum atomic E-state index is -0.480. The van der Waals surface area contributed by atoms with Crippen molar-refractivity contribution in [1.29, 1.82) is 0 Å². The Kier molecular flexibility index (Phi) is 6.87. The summed E-state index contributed by atoms with van der Waals surface area (Å²) >= 11 is 0. The SMILES string of the molecule is COC(=O)c1ccc(C)cc1NC(=O)N1CCN(Cc2nc3cccnc3n2-c2cccc(C)c2)CC1. The molecule has 9 heteroatoms. The van der Waals surface area contributed by atoms with E-state index < -0.39 is 5.97 Å². The number of hydrogen-bond acceptors (Lipinski definition) is 6. The van der Waals surface area contributed by atoms with E-state index in [4.69, 9.17) is 9.72 Å². The highest BCUT2D eigenvalue weighted by Gasteiger charge is 2.25. The van der Waals surface area contributed by atoms with E-state index in [1.54, 1.807) is 23.2 Å². The zero-order chi connectivity index (χ0) is 25.9. The molecule has 0 spiro atoms. The van der Waals surface area contributed by atoms with Crippen molar-refractivity contribution in [3.8, 4) is 5.69 Å². The predicted octanol–water partition coefficient (Wildman–Crippen LogP) is 4.17. The lowest BCUT2D eigenvalue weighted by Gasteiger charge is -2.34. The first-order chi connectivity index (χ1) is 17.9. The van der Waals surface area contributed by atoms with Crippen LogP contribution in [0.25, 0.3) is 16.9 Å². The summed E-state index contributed by atoms with van der Waals surface area (Å²) in [5.74, 6) is 0.436. The summed E-state index contributed by atoms with van der Waals surface area (Å²) in [7, 11) is 1.33. The number of carbonyl (C=O) groups is 2. The van der Waals surface area contributed by atoms with Crippen molar-refractivity contribution in [1.82, 2.24) is 24.3 Å². The number of carbonyl (C=O) groups excluding carboxylic acids is 2. The quantitative estimate of drug-likeness (QED) is 0.415. The van der Waals surface area contributed by atoms with Crippen molar-refractivity contribution in [2.45, 2.75) is 20.4 Å². The summed E-state index contributed by atoms with van der Waals surface area (Å²) in [4.78, 5) is 38.7. The molecule has 1 aliphatic rings. The Labute approximate surface area is 215 Å². The van der Waals surface area contributed by atoms with Crippen LogP contribution in [0.2, 0.25) is 0 Å². The van der Waals surface area contributed by atoms with Gasteiger partial charge in [-0.1, -0.05) is 18.2 Å². The summed E-state index contributed by atoms with van der Waals surface area (Å²) in [6.07, 6.45) is 1.79. The number of anilines is 1. The molecule has 0 atom stereocenters. The number of amides is 2. The number of fused-ring (bicyclic) bond motifs is 1. The van der Waals surface area contributed by atoms with Crippen molar-refractivity contribution < 1.29 is 14.3 Å². The van der Waals surface area contributed by atoms with Gasteiger partial charge in [-0.15, -0.1) is 0 Å². The number of aryl methyl sites for hydroxylation is 2. The first-order valence-electron chi connectivity index (χ1n) is 12.3. The molecule has 3 heterocycles. The van der Waals surface area contributed by atoms with Crippen LogP contribution in [0.4, 0.5) is 10.5 Å². The Morgan fingerprint density at radius 1 is 0.973 bits per heavy atom. The third-order valence-corrected chi connectivity index (χ3v) is 6.59. The lowest BCUT2D eigenvalue weighted by molar-refractivity contribution is 0.0602. The molecule has 5 rings (SSSR count). The first kappa shape index (κ1) is 24.5. The predicted molar refractivity (Wildman–Crippen MR) is 142 cm³/mol. The van der Waals surface area contributed by atoms with Crippen LogP contribution >= 0.6 is 0 Å². The molecule has 2 amide bonds. The summed E-state index contributed by atoms with van der Waals surface area (Å²) in [5.41, 5.74) is 5.64. The van der Waals surface area contributed by atoms with Crippen LogP contribution in [0.5, 0.6) is 0 Å². The summed E-state index contributed by atoms with van der Waals surface area (Å²) in [6.45, 7) is 7.16. The van der Waals surface area contributed by atoms with Gasteiger partial charge in [0.05, 0.1) is 24.9 Å². The number of piperazine rings is 1. The fourth-order valence-corrected chi connectivity index (χ4v) is 4.66. The van der Waals surface area contributed by atoms with Gasteiger partial charge in [-0.2, -0.15) is 0 Å². The van der Waals surface area contributed by atoms with E-state index in [0.717, 1.165) is 28.2 Å². The molecule has 0 unspecified atom stereocenters. The van der Waals surface area contributed by atoms with Gasteiger partial charge < -0.3 is 15.0 Å². The van der Waals surface area contributed by atoms with Crippen LogP contribution in [0.1, 0.15) is 27.3 Å². The second-order valence-corrected chi connectivity index (χ2v) is 9.28. The number of ether oxygens (including phenoxy) is 1. The lowest BCUT2D eigenvalue weighted by Crippen LogP contribution is -2.49. The maximum Gasteiger partial charge on any atom is 0.339 e. The maximum absolute atomic E-state index is 13.0. The molecular weight excluding hydrogens is 468 g/mol. The van der Waals surface area contributed by atoms with Crippen LogP contribution in [-0.2, 0) is 11.3 Å². The second kappa shape index (κ2) is 10.4. The Bertz CT molecular complexity index is 1460. The number of pyridine rings is 1. The first-order valence-corrected chi connectivity index (χ1v) is 12.3. The number of methoxy groups -OCH3 is 1. The van der Waals surface area contributed by atoms with E-state index in [-0.39, 0.29) is 6.03 Å². The molecule has 0 radical (unpaired) electrons. The van der Waals surface area contributed by atoms with Gasteiger partial charge in [0, 0.05) is 38.1 Å². The van der Waals surface area contributed by atoms with Crippen LogP contribution in [0.15, 0.2) is 60.8 Å². The normalized spacial score (nSPS) is 14.1. The van der Waals surface area contributed by atoms with E-state index in [2.05, 4.69) is 44.9 Å². The third kappa shape index (κ3) is 5.17. The molecule has 1 N–H and O–H groups in total. The number of rotatable bonds is 5. The molecule has 4 aromatic rings. The number of benzene rings is 2. The molecule has 190 valence electrons. The Morgan fingerprint density at radius 3 is 2.51 bits per heavy atom. The van der Waals surface area contributed by atoms with Crippen LogP contribution in [0.3, 0.4) is 0 Å². The van der Waals surface area contributed by atoms with Gasteiger partial charge in [0.2, 0.25) is 0 Å². The lowest BCUT2D eigenvalue weighted by atomic mass is 10.1. The third-order valence-electron chi connectivity index (χ3n) is 6.59. The Balaban J connectivity index is 1.29. The average molecular weight is 499 g/mol. The van der Waals surface area contributed by atoms with E-state index in [1.165, 1.54) is 12.7 Å². The number of nitrogens with zero attached hydrogens (tertiary/aromatic N) is 5. The molecule has 0 bridgehead atoms. The molecule has 1 fully saturated rings. The fourth-order valence-electron chi connectivity index (χ4n) is 4.66. The Hall–Kier alpha value is -4.24. The average Bonchev–Trinajstić information content (AvgIpc) is 3.26. The van der Waals surface area contributed by atoms with Gasteiger partial charge in [-0.25, -0.2) is 19.6 Å². The van der Waals surface area contributed by atoms with Crippen molar-refractivity contribution >= 4 is 28.9 Å². The van der Waals surface area contributed by atoms with Gasteiger partial charge in [0.15, 0.2) is 5.65 Å². The molecular formula is C28H30N6O3. The van der Waals surface area contributed by atoms with Gasteiger partial charge in [0.25, 0.3) is 0 Å². The van der Waals surface area contributed by atoms with Crippen LogP contribution < -0.4 is 5.32 Å². The van der Waals surface area contributed by atoms with E-state index >= 15 is 0 Å². The molecule has 37 heavy (non-hydrogen) atoms. The number of nitrogens with one attached hydrogen (secondary N) is 1. The Morgan fingerprint density at radius 2 is 1.76 bits per heavy atom. The van der Waals surface area contributed by atoms with Crippen LogP contribution in [-0.4, -0.2) is 69.6 Å². The maximum atomic E-state index is 13.0. The van der Waals surface area contributed by atoms with E-state index in [9.17, 15) is 9.59 Å². The van der Waals surface area contributed by atoms with E-state index in [0.29, 0.717) is 44.0 Å². The molecule has 1 saturated heterocycles. The standard InChI is InChI=1S/C28H30N6O3/c1-19-6-4-7-21(16-19)34-25(30-23-8-5-11-29-26(23)34)18-32-12-14-33(15-13-32)28(36)31-24-17-20(2)9-10-22(24)27(35)37-3/h4-11,16-17H,12-15,18H2,1-3H3,(H,31,36). The number of urea groups is 1. The zero-order valence-corrected chi connectivity index (χ0v) is 21.3. The van der Waals surface area contributed by atoms with Crippen molar-refractivity contribution in [2.24, 2.45) is 0 Å². The number of hydrogen-bond donors (Lipinski definition) is 1. The summed E-state index contributed by atoms with van der Waals surface area (Å²) in [5, 5.41) is 2.90. The highest BCUT2D eigenvalue weighted by atomic mass is 16.5. The monoisotopic (exact) mass is 498 g/mol. The topological polar surface area (TPSA) is 92.6 Å². The highest BCUT2D eigenvalue weighted by molar-refractivity contribution is 6.01. The second-order valence-electron chi connectivity index (χ2n) is 9.28. The summed E-state index contributed by atoms with van der Waals surface area (Å²) in [6, 6.07) is 17.2.